The minimum atomic E-state index is -3.89. The van der Waals surface area contributed by atoms with E-state index in [4.69, 9.17) is 5.14 Å². The topological polar surface area (TPSA) is 89.2 Å². The van der Waals surface area contributed by atoms with Gasteiger partial charge >= 0.3 is 0 Å². The Hall–Kier alpha value is -3.07. The molecule has 1 unspecified atom stereocenters. The molecule has 1 atom stereocenters. The van der Waals surface area contributed by atoms with Gasteiger partial charge in [0, 0.05) is 17.8 Å². The fourth-order valence-electron chi connectivity index (χ4n) is 3.39. The van der Waals surface area contributed by atoms with Crippen molar-refractivity contribution in [2.45, 2.75) is 12.2 Å². The fourth-order valence-corrected chi connectivity index (χ4v) is 5.13. The highest BCUT2D eigenvalue weighted by Crippen LogP contribution is 2.39. The summed E-state index contributed by atoms with van der Waals surface area (Å²) in [5.41, 5.74) is 3.84. The van der Waals surface area contributed by atoms with Crippen molar-refractivity contribution in [1.29, 1.82) is 0 Å². The minimum Gasteiger partial charge on any atom is -0.285 e. The first-order valence-electron chi connectivity index (χ1n) is 9.22. The smallest absolute Gasteiger partial charge is 0.220 e. The molecule has 0 aliphatic heterocycles. The quantitative estimate of drug-likeness (QED) is 0.473. The molecule has 0 spiro atoms. The summed E-state index contributed by atoms with van der Waals surface area (Å²) in [7, 11) is -3.89. The van der Waals surface area contributed by atoms with Gasteiger partial charge in [-0.15, -0.1) is 11.3 Å². The van der Waals surface area contributed by atoms with E-state index < -0.39 is 15.3 Å². The third-order valence-electron chi connectivity index (χ3n) is 4.72. The van der Waals surface area contributed by atoms with Crippen LogP contribution in [0.4, 0.5) is 16.5 Å². The number of benzene rings is 2. The summed E-state index contributed by atoms with van der Waals surface area (Å²) in [6.45, 7) is 1.98. The molecular formula is C22H20N4O2S2. The van der Waals surface area contributed by atoms with Crippen molar-refractivity contribution >= 4 is 37.9 Å². The number of pyridine rings is 1. The minimum absolute atomic E-state index is 0.592. The standard InChI is InChI=1S/C22H20N4O2S2/c1-16-9-10-18(21(30(23,27)28)17-6-3-2-4-7-17)14-20(16)26(22-25-12-13-29-22)19-8-5-11-24-15-19/h2-15,21H,1H3,(H2,23,27,28). The van der Waals surface area contributed by atoms with Crippen LogP contribution in [0.2, 0.25) is 0 Å². The van der Waals surface area contributed by atoms with Crippen molar-refractivity contribution in [3.05, 3.63) is 101 Å². The van der Waals surface area contributed by atoms with Crippen LogP contribution in [0.5, 0.6) is 0 Å². The van der Waals surface area contributed by atoms with E-state index in [0.29, 0.717) is 11.1 Å². The Labute approximate surface area is 179 Å². The Bertz CT molecular complexity index is 1230. The number of hydrogen-bond acceptors (Lipinski definition) is 6. The molecule has 4 rings (SSSR count). The van der Waals surface area contributed by atoms with E-state index in [9.17, 15) is 8.42 Å². The van der Waals surface area contributed by atoms with Gasteiger partial charge in [0.05, 0.1) is 17.6 Å². The second-order valence-corrected chi connectivity index (χ2v) is 9.31. The number of nitrogens with zero attached hydrogens (tertiary/aromatic N) is 3. The van der Waals surface area contributed by atoms with E-state index in [1.54, 1.807) is 42.9 Å². The molecule has 0 bridgehead atoms. The van der Waals surface area contributed by atoms with Crippen molar-refractivity contribution in [1.82, 2.24) is 9.97 Å². The first kappa shape index (κ1) is 20.2. The molecule has 4 aromatic rings. The van der Waals surface area contributed by atoms with Gasteiger partial charge in [-0.25, -0.2) is 18.5 Å². The van der Waals surface area contributed by atoms with E-state index in [-0.39, 0.29) is 0 Å². The van der Waals surface area contributed by atoms with E-state index in [0.717, 1.165) is 22.1 Å². The van der Waals surface area contributed by atoms with Crippen LogP contribution < -0.4 is 10.0 Å². The normalized spacial score (nSPS) is 12.5. The van der Waals surface area contributed by atoms with E-state index >= 15 is 0 Å². The molecular weight excluding hydrogens is 416 g/mol. The third kappa shape index (κ3) is 4.11. The van der Waals surface area contributed by atoms with Crippen LogP contribution in [0, 0.1) is 6.92 Å². The lowest BCUT2D eigenvalue weighted by atomic mass is 10.0. The number of aromatic nitrogens is 2. The van der Waals surface area contributed by atoms with Crippen LogP contribution >= 0.6 is 11.3 Å². The average molecular weight is 437 g/mol. The molecule has 0 radical (unpaired) electrons. The molecule has 0 amide bonds. The molecule has 6 nitrogen and oxygen atoms in total. The zero-order valence-corrected chi connectivity index (χ0v) is 17.8. The van der Waals surface area contributed by atoms with Crippen LogP contribution in [-0.2, 0) is 10.0 Å². The average Bonchev–Trinajstić information content (AvgIpc) is 3.25. The SMILES string of the molecule is Cc1ccc(C(c2ccccc2)S(N)(=O)=O)cc1N(c1cccnc1)c1nccs1. The maximum absolute atomic E-state index is 12.5. The van der Waals surface area contributed by atoms with E-state index in [1.807, 2.05) is 53.6 Å². The number of sulfonamides is 1. The molecule has 0 aliphatic carbocycles. The first-order chi connectivity index (χ1) is 14.4. The predicted molar refractivity (Wildman–Crippen MR) is 121 cm³/mol. The number of hydrogen-bond donors (Lipinski definition) is 1. The lowest BCUT2D eigenvalue weighted by Gasteiger charge is -2.25. The van der Waals surface area contributed by atoms with Crippen LogP contribution in [0.15, 0.2) is 84.6 Å². The van der Waals surface area contributed by atoms with Crippen LogP contribution in [-0.4, -0.2) is 18.4 Å². The Morgan fingerprint density at radius 2 is 1.80 bits per heavy atom. The third-order valence-corrected chi connectivity index (χ3v) is 6.68. The highest BCUT2D eigenvalue weighted by molar-refractivity contribution is 7.89. The van der Waals surface area contributed by atoms with Crippen LogP contribution in [0.1, 0.15) is 21.9 Å². The molecule has 0 fully saturated rings. The Kier molecular flexibility index (Phi) is 5.63. The Morgan fingerprint density at radius 3 is 2.43 bits per heavy atom. The maximum atomic E-state index is 12.5. The van der Waals surface area contributed by atoms with Crippen molar-refractivity contribution in [2.24, 2.45) is 5.14 Å². The van der Waals surface area contributed by atoms with Crippen molar-refractivity contribution in [2.75, 3.05) is 4.90 Å². The summed E-state index contributed by atoms with van der Waals surface area (Å²) in [5.74, 6) is 0. The van der Waals surface area contributed by atoms with Crippen molar-refractivity contribution < 1.29 is 8.42 Å². The number of primary sulfonamides is 1. The molecule has 2 aromatic heterocycles. The molecule has 2 heterocycles. The number of rotatable bonds is 6. The molecule has 2 N–H and O–H groups in total. The summed E-state index contributed by atoms with van der Waals surface area (Å²) in [4.78, 5) is 10.7. The van der Waals surface area contributed by atoms with Gasteiger partial charge in [-0.2, -0.15) is 0 Å². The molecule has 0 aliphatic rings. The summed E-state index contributed by atoms with van der Waals surface area (Å²) in [6.07, 6.45) is 5.20. The summed E-state index contributed by atoms with van der Waals surface area (Å²) < 4.78 is 25.1. The van der Waals surface area contributed by atoms with Gasteiger partial charge in [-0.1, -0.05) is 42.5 Å². The van der Waals surface area contributed by atoms with Crippen molar-refractivity contribution in [3.8, 4) is 0 Å². The number of thiazole rings is 1. The second-order valence-electron chi connectivity index (χ2n) is 6.79. The fraction of sp³-hybridized carbons (Fsp3) is 0.0909. The number of nitrogens with two attached hydrogens (primary N) is 1. The van der Waals surface area contributed by atoms with Gasteiger partial charge in [0.2, 0.25) is 10.0 Å². The van der Waals surface area contributed by atoms with Gasteiger partial charge in [0.1, 0.15) is 5.25 Å². The lowest BCUT2D eigenvalue weighted by molar-refractivity contribution is 0.591. The Morgan fingerprint density at radius 1 is 1.00 bits per heavy atom. The van der Waals surface area contributed by atoms with Gasteiger partial charge in [-0.3, -0.25) is 9.88 Å². The summed E-state index contributed by atoms with van der Waals surface area (Å²) in [5, 5.41) is 7.34. The highest BCUT2D eigenvalue weighted by atomic mass is 32.2. The van der Waals surface area contributed by atoms with Gasteiger partial charge in [0.25, 0.3) is 0 Å². The molecule has 152 valence electrons. The largest absolute Gasteiger partial charge is 0.285 e. The molecule has 30 heavy (non-hydrogen) atoms. The van der Waals surface area contributed by atoms with Crippen molar-refractivity contribution in [3.63, 3.8) is 0 Å². The second kappa shape index (κ2) is 8.35. The molecule has 0 saturated carbocycles. The maximum Gasteiger partial charge on any atom is 0.220 e. The van der Waals surface area contributed by atoms with Gasteiger partial charge in [0.15, 0.2) is 5.13 Å². The predicted octanol–water partition coefficient (Wildman–Crippen LogP) is 4.69. The van der Waals surface area contributed by atoms with E-state index in [1.165, 1.54) is 11.3 Å². The summed E-state index contributed by atoms with van der Waals surface area (Å²) in [6, 6.07) is 18.4. The highest BCUT2D eigenvalue weighted by Gasteiger charge is 2.27. The summed E-state index contributed by atoms with van der Waals surface area (Å²) >= 11 is 1.49. The zero-order chi connectivity index (χ0) is 21.1. The zero-order valence-electron chi connectivity index (χ0n) is 16.2. The molecule has 0 saturated heterocycles. The first-order valence-corrected chi connectivity index (χ1v) is 11.7. The monoisotopic (exact) mass is 436 g/mol. The Balaban J connectivity index is 1.90. The molecule has 8 heteroatoms. The van der Waals surface area contributed by atoms with Gasteiger partial charge < -0.3 is 0 Å². The lowest BCUT2D eigenvalue weighted by Crippen LogP contribution is -2.23. The van der Waals surface area contributed by atoms with Crippen LogP contribution in [0.3, 0.4) is 0 Å². The van der Waals surface area contributed by atoms with Gasteiger partial charge in [-0.05, 0) is 41.8 Å². The van der Waals surface area contributed by atoms with E-state index in [2.05, 4.69) is 9.97 Å². The van der Waals surface area contributed by atoms with Crippen LogP contribution in [0.25, 0.3) is 0 Å². The molecule has 2 aromatic carbocycles. The number of anilines is 3. The number of aryl methyl sites for hydroxylation is 1.